The van der Waals surface area contributed by atoms with Crippen molar-refractivity contribution in [1.29, 1.82) is 0 Å². The molecule has 0 aromatic heterocycles. The van der Waals surface area contributed by atoms with Gasteiger partial charge in [-0.3, -0.25) is 0 Å². The van der Waals surface area contributed by atoms with E-state index in [-0.39, 0.29) is 5.41 Å². The molecule has 1 aliphatic carbocycles. The Hall–Kier alpha value is -1.22. The minimum atomic E-state index is 0.258. The Balaban J connectivity index is 2.21. The monoisotopic (exact) mass is 291 g/mol. The average Bonchev–Trinajstić information content (AvgIpc) is 2.96. The van der Waals surface area contributed by atoms with Crippen LogP contribution >= 0.6 is 0 Å². The largest absolute Gasteiger partial charge is 0.493 e. The molecule has 0 unspecified atom stereocenters. The smallest absolute Gasteiger partial charge is 0.161 e. The second-order valence-electron chi connectivity index (χ2n) is 6.58. The van der Waals surface area contributed by atoms with Crippen molar-refractivity contribution in [2.24, 2.45) is 5.92 Å². The van der Waals surface area contributed by atoms with Crippen molar-refractivity contribution in [3.63, 3.8) is 0 Å². The van der Waals surface area contributed by atoms with Gasteiger partial charge in [-0.1, -0.05) is 32.8 Å². The van der Waals surface area contributed by atoms with E-state index in [1.807, 2.05) is 6.07 Å². The van der Waals surface area contributed by atoms with Gasteiger partial charge in [0, 0.05) is 12.0 Å². The van der Waals surface area contributed by atoms with Gasteiger partial charge in [-0.2, -0.15) is 0 Å². The molecule has 1 aromatic carbocycles. The Morgan fingerprint density at radius 3 is 2.33 bits per heavy atom. The van der Waals surface area contributed by atoms with Gasteiger partial charge in [-0.05, 0) is 43.0 Å². The highest BCUT2D eigenvalue weighted by atomic mass is 16.5. The number of nitrogens with one attached hydrogen (secondary N) is 1. The van der Waals surface area contributed by atoms with E-state index in [0.29, 0.717) is 5.92 Å². The maximum absolute atomic E-state index is 5.48. The Labute approximate surface area is 129 Å². The van der Waals surface area contributed by atoms with Crippen LogP contribution in [0, 0.1) is 5.92 Å². The van der Waals surface area contributed by atoms with Crippen molar-refractivity contribution in [3.8, 4) is 11.5 Å². The number of hydrogen-bond acceptors (Lipinski definition) is 3. The first-order valence-electron chi connectivity index (χ1n) is 8.04. The van der Waals surface area contributed by atoms with Crippen LogP contribution in [0.15, 0.2) is 18.2 Å². The van der Waals surface area contributed by atoms with E-state index in [2.05, 4.69) is 31.3 Å². The first-order chi connectivity index (χ1) is 10.1. The fourth-order valence-corrected chi connectivity index (χ4v) is 3.39. The van der Waals surface area contributed by atoms with E-state index in [9.17, 15) is 0 Å². The van der Waals surface area contributed by atoms with Gasteiger partial charge in [-0.25, -0.2) is 0 Å². The molecule has 3 nitrogen and oxygen atoms in total. The molecule has 0 heterocycles. The SMILES string of the molecule is COc1ccc(C2(CNCC(C)C)CCCC2)cc1OC. The fourth-order valence-electron chi connectivity index (χ4n) is 3.39. The number of hydrogen-bond donors (Lipinski definition) is 1. The van der Waals surface area contributed by atoms with Crippen LogP contribution in [-0.2, 0) is 5.41 Å². The molecule has 1 N–H and O–H groups in total. The number of methoxy groups -OCH3 is 2. The normalized spacial score (nSPS) is 17.2. The highest BCUT2D eigenvalue weighted by Crippen LogP contribution is 2.43. The van der Waals surface area contributed by atoms with Gasteiger partial charge in [0.05, 0.1) is 14.2 Å². The summed E-state index contributed by atoms with van der Waals surface area (Å²) in [5.41, 5.74) is 1.64. The quantitative estimate of drug-likeness (QED) is 0.829. The van der Waals surface area contributed by atoms with Crippen LogP contribution in [-0.4, -0.2) is 27.3 Å². The van der Waals surface area contributed by atoms with Crippen molar-refractivity contribution in [3.05, 3.63) is 23.8 Å². The van der Waals surface area contributed by atoms with E-state index < -0.39 is 0 Å². The van der Waals surface area contributed by atoms with Crippen LogP contribution in [0.25, 0.3) is 0 Å². The lowest BCUT2D eigenvalue weighted by Gasteiger charge is -2.31. The molecule has 0 atom stereocenters. The van der Waals surface area contributed by atoms with Crippen LogP contribution in [0.5, 0.6) is 11.5 Å². The summed E-state index contributed by atoms with van der Waals surface area (Å²) in [6.07, 6.45) is 5.15. The van der Waals surface area contributed by atoms with E-state index >= 15 is 0 Å². The molecule has 21 heavy (non-hydrogen) atoms. The first kappa shape index (κ1) is 16.2. The molecule has 2 rings (SSSR count). The average molecular weight is 291 g/mol. The molecular formula is C18H29NO2. The molecule has 0 spiro atoms. The molecule has 0 amide bonds. The second kappa shape index (κ2) is 7.17. The van der Waals surface area contributed by atoms with Gasteiger partial charge < -0.3 is 14.8 Å². The third-order valence-electron chi connectivity index (χ3n) is 4.57. The molecule has 1 aliphatic rings. The molecule has 0 saturated heterocycles. The zero-order chi connectivity index (χ0) is 15.3. The molecule has 3 heteroatoms. The highest BCUT2D eigenvalue weighted by Gasteiger charge is 2.35. The van der Waals surface area contributed by atoms with Crippen molar-refractivity contribution < 1.29 is 9.47 Å². The molecule has 0 radical (unpaired) electrons. The summed E-state index contributed by atoms with van der Waals surface area (Å²) in [6, 6.07) is 6.42. The van der Waals surface area contributed by atoms with Crippen LogP contribution in [0.1, 0.15) is 45.1 Å². The first-order valence-corrected chi connectivity index (χ1v) is 8.04. The number of benzene rings is 1. The second-order valence-corrected chi connectivity index (χ2v) is 6.58. The third-order valence-corrected chi connectivity index (χ3v) is 4.57. The Bertz CT molecular complexity index is 451. The van der Waals surface area contributed by atoms with Crippen molar-refractivity contribution >= 4 is 0 Å². The van der Waals surface area contributed by atoms with E-state index in [0.717, 1.165) is 24.6 Å². The lowest BCUT2D eigenvalue weighted by Crippen LogP contribution is -2.37. The summed E-state index contributed by atoms with van der Waals surface area (Å²) in [7, 11) is 3.40. The molecule has 1 saturated carbocycles. The summed E-state index contributed by atoms with van der Waals surface area (Å²) in [6.45, 7) is 6.64. The Kier molecular flexibility index (Phi) is 5.51. The van der Waals surface area contributed by atoms with Gasteiger partial charge in [0.1, 0.15) is 0 Å². The van der Waals surface area contributed by atoms with Gasteiger partial charge in [-0.15, -0.1) is 0 Å². The molecule has 1 fully saturated rings. The minimum absolute atomic E-state index is 0.258. The van der Waals surface area contributed by atoms with E-state index in [1.54, 1.807) is 14.2 Å². The summed E-state index contributed by atoms with van der Waals surface area (Å²) >= 11 is 0. The minimum Gasteiger partial charge on any atom is -0.493 e. The molecule has 1 aromatic rings. The van der Waals surface area contributed by atoms with E-state index in [4.69, 9.17) is 9.47 Å². The van der Waals surface area contributed by atoms with Gasteiger partial charge in [0.15, 0.2) is 11.5 Å². The zero-order valence-electron chi connectivity index (χ0n) is 13.9. The third kappa shape index (κ3) is 3.70. The van der Waals surface area contributed by atoms with E-state index in [1.165, 1.54) is 31.2 Å². The predicted molar refractivity (Wildman–Crippen MR) is 87.4 cm³/mol. The van der Waals surface area contributed by atoms with Crippen LogP contribution < -0.4 is 14.8 Å². The molecule has 0 aliphatic heterocycles. The van der Waals surface area contributed by atoms with Crippen molar-refractivity contribution in [2.45, 2.75) is 44.9 Å². The van der Waals surface area contributed by atoms with Gasteiger partial charge in [0.25, 0.3) is 0 Å². The Morgan fingerprint density at radius 1 is 1.10 bits per heavy atom. The van der Waals surface area contributed by atoms with Crippen molar-refractivity contribution in [2.75, 3.05) is 27.3 Å². The highest BCUT2D eigenvalue weighted by molar-refractivity contribution is 5.45. The maximum atomic E-state index is 5.48. The lowest BCUT2D eigenvalue weighted by molar-refractivity contribution is 0.349. The summed E-state index contributed by atoms with van der Waals surface area (Å²) in [5, 5.41) is 3.66. The number of rotatable bonds is 7. The zero-order valence-corrected chi connectivity index (χ0v) is 13.9. The van der Waals surface area contributed by atoms with Crippen LogP contribution in [0.3, 0.4) is 0 Å². The van der Waals surface area contributed by atoms with Gasteiger partial charge in [0.2, 0.25) is 0 Å². The van der Waals surface area contributed by atoms with Gasteiger partial charge >= 0.3 is 0 Å². The standard InChI is InChI=1S/C18H29NO2/c1-14(2)12-19-13-18(9-5-6-10-18)15-7-8-16(20-3)17(11-15)21-4/h7-8,11,14,19H,5-6,9-10,12-13H2,1-4H3. The topological polar surface area (TPSA) is 30.5 Å². The number of ether oxygens (including phenoxy) is 2. The predicted octanol–water partition coefficient (Wildman–Crippen LogP) is 3.76. The van der Waals surface area contributed by atoms with Crippen LogP contribution in [0.2, 0.25) is 0 Å². The van der Waals surface area contributed by atoms with Crippen molar-refractivity contribution in [1.82, 2.24) is 5.32 Å². The summed E-state index contributed by atoms with van der Waals surface area (Å²) in [4.78, 5) is 0. The Morgan fingerprint density at radius 2 is 1.76 bits per heavy atom. The fraction of sp³-hybridized carbons (Fsp3) is 0.667. The summed E-state index contributed by atoms with van der Waals surface area (Å²) in [5.74, 6) is 2.34. The lowest BCUT2D eigenvalue weighted by atomic mass is 9.78. The molecule has 118 valence electrons. The van der Waals surface area contributed by atoms with Crippen LogP contribution in [0.4, 0.5) is 0 Å². The maximum Gasteiger partial charge on any atom is 0.161 e. The summed E-state index contributed by atoms with van der Waals surface area (Å²) < 4.78 is 10.8. The molecule has 0 bridgehead atoms. The molecular weight excluding hydrogens is 262 g/mol.